The van der Waals surface area contributed by atoms with Gasteiger partial charge in [0.25, 0.3) is 0 Å². The van der Waals surface area contributed by atoms with E-state index in [0.717, 1.165) is 25.1 Å². The number of hydrogen-bond acceptors (Lipinski definition) is 3. The van der Waals surface area contributed by atoms with E-state index in [1.54, 1.807) is 11.3 Å². The minimum absolute atomic E-state index is 0. The molecule has 1 aromatic heterocycles. The van der Waals surface area contributed by atoms with Gasteiger partial charge in [-0.25, -0.2) is 4.98 Å². The number of aryl methyl sites for hydroxylation is 1. The first-order valence-corrected chi connectivity index (χ1v) is 8.65. The van der Waals surface area contributed by atoms with E-state index >= 15 is 0 Å². The third-order valence-corrected chi connectivity index (χ3v) is 4.80. The van der Waals surface area contributed by atoms with Crippen LogP contribution < -0.4 is 11.1 Å². The molecule has 2 rings (SSSR count). The second-order valence-electron chi connectivity index (χ2n) is 5.44. The van der Waals surface area contributed by atoms with Crippen molar-refractivity contribution >= 4 is 41.3 Å². The van der Waals surface area contributed by atoms with Gasteiger partial charge in [-0.1, -0.05) is 32.6 Å². The van der Waals surface area contributed by atoms with Crippen LogP contribution in [-0.2, 0) is 12.8 Å². The number of nitrogens with two attached hydrogens (primary N) is 1. The minimum Gasteiger partial charge on any atom is -0.370 e. The highest BCUT2D eigenvalue weighted by molar-refractivity contribution is 14.0. The van der Waals surface area contributed by atoms with Crippen LogP contribution in [0.4, 0.5) is 0 Å². The van der Waals surface area contributed by atoms with Gasteiger partial charge in [-0.2, -0.15) is 0 Å². The largest absolute Gasteiger partial charge is 0.370 e. The predicted molar refractivity (Wildman–Crippen MR) is 102 cm³/mol. The van der Waals surface area contributed by atoms with Gasteiger partial charge in [0, 0.05) is 24.4 Å². The second kappa shape index (κ2) is 10.4. The standard InChI is InChI=1S/C15H26N4S.HI/c1-2-14-18-13(11-20-14)9-10-17-15(16)19-12-7-5-3-4-6-8-12;/h11-12H,2-10H2,1H3,(H3,16,17,19);1H. The molecule has 120 valence electrons. The minimum atomic E-state index is 0. The van der Waals surface area contributed by atoms with Gasteiger partial charge >= 0.3 is 0 Å². The number of aromatic nitrogens is 1. The van der Waals surface area contributed by atoms with Crippen molar-refractivity contribution in [1.82, 2.24) is 10.3 Å². The Morgan fingerprint density at radius 1 is 1.38 bits per heavy atom. The van der Waals surface area contributed by atoms with Gasteiger partial charge in [0.15, 0.2) is 5.96 Å². The summed E-state index contributed by atoms with van der Waals surface area (Å²) in [5.41, 5.74) is 7.11. The van der Waals surface area contributed by atoms with Crippen LogP contribution in [0.2, 0.25) is 0 Å². The molecule has 0 aliphatic heterocycles. The normalized spacial score (nSPS) is 17.1. The first kappa shape index (κ1) is 18.7. The molecule has 0 aromatic carbocycles. The first-order chi connectivity index (χ1) is 9.78. The molecular formula is C15H27IN4S. The first-order valence-electron chi connectivity index (χ1n) is 7.77. The zero-order valence-electron chi connectivity index (χ0n) is 12.8. The zero-order chi connectivity index (χ0) is 14.2. The molecular weight excluding hydrogens is 395 g/mol. The average Bonchev–Trinajstić information content (AvgIpc) is 2.75. The van der Waals surface area contributed by atoms with Gasteiger partial charge < -0.3 is 11.1 Å². The molecule has 1 aliphatic carbocycles. The molecule has 3 N–H and O–H groups in total. The molecule has 1 heterocycles. The Morgan fingerprint density at radius 3 is 2.71 bits per heavy atom. The monoisotopic (exact) mass is 422 g/mol. The van der Waals surface area contributed by atoms with E-state index in [9.17, 15) is 0 Å². The van der Waals surface area contributed by atoms with E-state index in [4.69, 9.17) is 5.73 Å². The highest BCUT2D eigenvalue weighted by atomic mass is 127. The van der Waals surface area contributed by atoms with E-state index in [1.165, 1.54) is 43.5 Å². The maximum atomic E-state index is 5.97. The molecule has 0 atom stereocenters. The molecule has 1 fully saturated rings. The summed E-state index contributed by atoms with van der Waals surface area (Å²) in [6.45, 7) is 2.86. The Bertz CT molecular complexity index is 425. The van der Waals surface area contributed by atoms with Crippen molar-refractivity contribution in [2.45, 2.75) is 64.3 Å². The third-order valence-electron chi connectivity index (χ3n) is 3.76. The molecule has 1 aromatic rings. The molecule has 0 bridgehead atoms. The smallest absolute Gasteiger partial charge is 0.188 e. The van der Waals surface area contributed by atoms with Gasteiger partial charge in [0.05, 0.1) is 10.7 Å². The van der Waals surface area contributed by atoms with Crippen molar-refractivity contribution in [1.29, 1.82) is 0 Å². The molecule has 1 aliphatic rings. The highest BCUT2D eigenvalue weighted by Gasteiger charge is 2.12. The highest BCUT2D eigenvalue weighted by Crippen LogP contribution is 2.17. The van der Waals surface area contributed by atoms with Crippen LogP contribution in [0.3, 0.4) is 0 Å². The van der Waals surface area contributed by atoms with Crippen LogP contribution in [-0.4, -0.2) is 23.5 Å². The summed E-state index contributed by atoms with van der Waals surface area (Å²) >= 11 is 1.73. The second-order valence-corrected chi connectivity index (χ2v) is 6.38. The van der Waals surface area contributed by atoms with Gasteiger partial charge in [0.2, 0.25) is 0 Å². The fourth-order valence-corrected chi connectivity index (χ4v) is 3.37. The molecule has 0 spiro atoms. The Kier molecular flexibility index (Phi) is 9.23. The van der Waals surface area contributed by atoms with Gasteiger partial charge in [-0.3, -0.25) is 4.99 Å². The molecule has 0 unspecified atom stereocenters. The molecule has 0 amide bonds. The third kappa shape index (κ3) is 6.95. The van der Waals surface area contributed by atoms with E-state index < -0.39 is 0 Å². The lowest BCUT2D eigenvalue weighted by molar-refractivity contribution is 0.530. The fourth-order valence-electron chi connectivity index (χ4n) is 2.60. The Hall–Kier alpha value is -0.370. The number of nitrogens with one attached hydrogen (secondary N) is 1. The lowest BCUT2D eigenvalue weighted by Gasteiger charge is -2.16. The quantitative estimate of drug-likeness (QED) is 0.331. The van der Waals surface area contributed by atoms with Crippen LogP contribution >= 0.6 is 35.3 Å². The molecule has 21 heavy (non-hydrogen) atoms. The molecule has 0 saturated heterocycles. The Balaban J connectivity index is 0.00000220. The van der Waals surface area contributed by atoms with Crippen molar-refractivity contribution < 1.29 is 0 Å². The topological polar surface area (TPSA) is 63.3 Å². The van der Waals surface area contributed by atoms with Gasteiger partial charge in [0.1, 0.15) is 0 Å². The van der Waals surface area contributed by atoms with Crippen molar-refractivity contribution in [3.05, 3.63) is 16.1 Å². The lowest BCUT2D eigenvalue weighted by atomic mass is 10.1. The molecule has 0 radical (unpaired) electrons. The summed E-state index contributed by atoms with van der Waals surface area (Å²) in [6, 6.07) is 0.521. The van der Waals surface area contributed by atoms with Gasteiger partial charge in [-0.15, -0.1) is 35.3 Å². The predicted octanol–water partition coefficient (Wildman–Crippen LogP) is 3.49. The van der Waals surface area contributed by atoms with E-state index in [0.29, 0.717) is 12.0 Å². The number of halogens is 1. The summed E-state index contributed by atoms with van der Waals surface area (Å²) in [4.78, 5) is 8.97. The average molecular weight is 422 g/mol. The summed E-state index contributed by atoms with van der Waals surface area (Å²) in [5, 5.41) is 6.70. The number of thiazole rings is 1. The zero-order valence-corrected chi connectivity index (χ0v) is 16.0. The number of aliphatic imine (C=N–C) groups is 1. The van der Waals surface area contributed by atoms with Crippen molar-refractivity contribution in [2.24, 2.45) is 10.7 Å². The Labute approximate surface area is 149 Å². The summed E-state index contributed by atoms with van der Waals surface area (Å²) < 4.78 is 0. The van der Waals surface area contributed by atoms with Crippen LogP contribution in [0.15, 0.2) is 10.4 Å². The van der Waals surface area contributed by atoms with E-state index in [-0.39, 0.29) is 24.0 Å². The summed E-state index contributed by atoms with van der Waals surface area (Å²) in [6.07, 6.45) is 9.68. The van der Waals surface area contributed by atoms with E-state index in [1.807, 2.05) is 0 Å². The maximum Gasteiger partial charge on any atom is 0.188 e. The molecule has 4 nitrogen and oxygen atoms in total. The SMILES string of the molecule is CCc1nc(CCN=C(N)NC2CCCCCC2)cs1.I. The lowest BCUT2D eigenvalue weighted by Crippen LogP contribution is -2.40. The molecule has 6 heteroatoms. The fraction of sp³-hybridized carbons (Fsp3) is 0.733. The number of rotatable bonds is 5. The van der Waals surface area contributed by atoms with Crippen LogP contribution in [0.5, 0.6) is 0 Å². The Morgan fingerprint density at radius 2 is 2.10 bits per heavy atom. The molecule has 1 saturated carbocycles. The maximum absolute atomic E-state index is 5.97. The number of guanidine groups is 1. The summed E-state index contributed by atoms with van der Waals surface area (Å²) in [7, 11) is 0. The van der Waals surface area contributed by atoms with E-state index in [2.05, 4.69) is 27.6 Å². The number of hydrogen-bond donors (Lipinski definition) is 2. The van der Waals surface area contributed by atoms with Crippen molar-refractivity contribution in [3.63, 3.8) is 0 Å². The number of nitrogens with zero attached hydrogens (tertiary/aromatic N) is 2. The van der Waals surface area contributed by atoms with Crippen molar-refractivity contribution in [3.8, 4) is 0 Å². The summed E-state index contributed by atoms with van der Waals surface area (Å²) in [5.74, 6) is 0.600. The van der Waals surface area contributed by atoms with Crippen LogP contribution in [0.1, 0.15) is 56.2 Å². The van der Waals surface area contributed by atoms with Crippen LogP contribution in [0, 0.1) is 0 Å². The van der Waals surface area contributed by atoms with Crippen molar-refractivity contribution in [2.75, 3.05) is 6.54 Å². The van der Waals surface area contributed by atoms with Crippen LogP contribution in [0.25, 0.3) is 0 Å². The van der Waals surface area contributed by atoms with Gasteiger partial charge in [-0.05, 0) is 19.3 Å².